The normalized spacial score (nSPS) is 11.4. The molecule has 2 aromatic rings. The Bertz CT molecular complexity index is 759. The molecule has 5 nitrogen and oxygen atoms in total. The molecule has 1 aromatic carbocycles. The quantitative estimate of drug-likeness (QED) is 0.711. The molecule has 0 amide bonds. The molecule has 126 valence electrons. The van der Waals surface area contributed by atoms with E-state index in [1.807, 2.05) is 25.1 Å². The van der Waals surface area contributed by atoms with Crippen LogP contribution in [0.25, 0.3) is 0 Å². The number of rotatable bonds is 8. The highest BCUT2D eigenvalue weighted by Gasteiger charge is 2.16. The summed E-state index contributed by atoms with van der Waals surface area (Å²) in [5, 5.41) is 0. The molecule has 1 heterocycles. The third-order valence-electron chi connectivity index (χ3n) is 3.05. The van der Waals surface area contributed by atoms with E-state index in [1.165, 1.54) is 11.3 Å². The zero-order valence-corrected chi connectivity index (χ0v) is 16.1. The summed E-state index contributed by atoms with van der Waals surface area (Å²) < 4.78 is 38.7. The van der Waals surface area contributed by atoms with Crippen molar-refractivity contribution in [3.8, 4) is 11.5 Å². The maximum absolute atomic E-state index is 12.1. The molecular weight excluding hydrogens is 402 g/mol. The lowest BCUT2D eigenvalue weighted by molar-refractivity contribution is 0.310. The van der Waals surface area contributed by atoms with Crippen molar-refractivity contribution in [3.63, 3.8) is 0 Å². The summed E-state index contributed by atoms with van der Waals surface area (Å²) in [5.74, 6) is 1.33. The molecule has 0 atom stereocenters. The average molecular weight is 420 g/mol. The van der Waals surface area contributed by atoms with Gasteiger partial charge in [0.15, 0.2) is 11.5 Å². The molecule has 0 aliphatic heterocycles. The Morgan fingerprint density at radius 3 is 2.61 bits per heavy atom. The molecule has 8 heteroatoms. The Labute approximate surface area is 148 Å². The Hall–Kier alpha value is -1.09. The lowest BCUT2D eigenvalue weighted by Crippen LogP contribution is -2.25. The van der Waals surface area contributed by atoms with Gasteiger partial charge in [-0.25, -0.2) is 13.1 Å². The summed E-state index contributed by atoms with van der Waals surface area (Å²) in [4.78, 5) is 0. The first kappa shape index (κ1) is 18.3. The Morgan fingerprint density at radius 1 is 1.22 bits per heavy atom. The van der Waals surface area contributed by atoms with Crippen molar-refractivity contribution in [1.29, 1.82) is 0 Å². The largest absolute Gasteiger partial charge is 0.493 e. The first-order valence-corrected chi connectivity index (χ1v) is 10.1. The smallest absolute Gasteiger partial charge is 0.250 e. The molecule has 0 fully saturated rings. The van der Waals surface area contributed by atoms with Crippen LogP contribution in [0.1, 0.15) is 12.5 Å². The molecule has 1 N–H and O–H groups in total. The number of benzene rings is 1. The van der Waals surface area contributed by atoms with Gasteiger partial charge < -0.3 is 9.47 Å². The summed E-state index contributed by atoms with van der Waals surface area (Å²) in [7, 11) is -1.88. The molecule has 0 spiro atoms. The van der Waals surface area contributed by atoms with E-state index < -0.39 is 10.0 Å². The van der Waals surface area contributed by atoms with Crippen molar-refractivity contribution < 1.29 is 17.9 Å². The van der Waals surface area contributed by atoms with Gasteiger partial charge in [-0.05, 0) is 59.1 Å². The van der Waals surface area contributed by atoms with Crippen molar-refractivity contribution in [2.45, 2.75) is 17.6 Å². The predicted molar refractivity (Wildman–Crippen MR) is 95.1 cm³/mol. The predicted octanol–water partition coefficient (Wildman–Crippen LogP) is 3.44. The summed E-state index contributed by atoms with van der Waals surface area (Å²) in [6.07, 6.45) is 0.564. The molecule has 0 aliphatic carbocycles. The van der Waals surface area contributed by atoms with E-state index in [0.29, 0.717) is 35.3 Å². The van der Waals surface area contributed by atoms with E-state index >= 15 is 0 Å². The molecular formula is C15H18BrNO4S2. The Kier molecular flexibility index (Phi) is 6.46. The second-order valence-corrected chi connectivity index (χ2v) is 9.08. The number of sulfonamides is 1. The van der Waals surface area contributed by atoms with Crippen LogP contribution in [0.4, 0.5) is 0 Å². The fraction of sp³-hybridized carbons (Fsp3) is 0.333. The molecule has 0 saturated heterocycles. The lowest BCUT2D eigenvalue weighted by Gasteiger charge is -2.11. The minimum Gasteiger partial charge on any atom is -0.493 e. The van der Waals surface area contributed by atoms with Gasteiger partial charge in [-0.15, -0.1) is 11.3 Å². The molecule has 1 aromatic heterocycles. The molecule has 2 rings (SSSR count). The minimum atomic E-state index is -3.46. The highest BCUT2D eigenvalue weighted by molar-refractivity contribution is 9.11. The van der Waals surface area contributed by atoms with Crippen LogP contribution in [0, 0.1) is 0 Å². The van der Waals surface area contributed by atoms with Gasteiger partial charge in [0, 0.05) is 6.54 Å². The van der Waals surface area contributed by atoms with Crippen LogP contribution in [-0.2, 0) is 16.4 Å². The van der Waals surface area contributed by atoms with Gasteiger partial charge in [0.25, 0.3) is 0 Å². The topological polar surface area (TPSA) is 64.6 Å². The number of thiophene rings is 1. The van der Waals surface area contributed by atoms with E-state index in [0.717, 1.165) is 9.35 Å². The maximum atomic E-state index is 12.1. The zero-order chi connectivity index (χ0) is 16.9. The van der Waals surface area contributed by atoms with Crippen LogP contribution < -0.4 is 14.2 Å². The minimum absolute atomic E-state index is 0.300. The second-order valence-electron chi connectivity index (χ2n) is 4.62. The Morgan fingerprint density at radius 2 is 2.00 bits per heavy atom. The van der Waals surface area contributed by atoms with Crippen molar-refractivity contribution in [2.24, 2.45) is 0 Å². The van der Waals surface area contributed by atoms with E-state index in [2.05, 4.69) is 20.7 Å². The highest BCUT2D eigenvalue weighted by Crippen LogP contribution is 2.28. The summed E-state index contributed by atoms with van der Waals surface area (Å²) in [5.41, 5.74) is 0.973. The van der Waals surface area contributed by atoms with Crippen molar-refractivity contribution in [1.82, 2.24) is 4.72 Å². The molecule has 0 aliphatic rings. The summed E-state index contributed by atoms with van der Waals surface area (Å²) >= 11 is 4.45. The number of nitrogens with one attached hydrogen (secondary N) is 1. The summed E-state index contributed by atoms with van der Waals surface area (Å²) in [6, 6.07) is 8.90. The second kappa shape index (κ2) is 8.14. The Balaban J connectivity index is 1.98. The average Bonchev–Trinajstić information content (AvgIpc) is 2.96. The third-order valence-corrected chi connectivity index (χ3v) is 6.62. The van der Waals surface area contributed by atoms with Gasteiger partial charge in [-0.2, -0.15) is 0 Å². The van der Waals surface area contributed by atoms with Gasteiger partial charge in [0.05, 0.1) is 17.5 Å². The maximum Gasteiger partial charge on any atom is 0.250 e. The van der Waals surface area contributed by atoms with Gasteiger partial charge in [0.1, 0.15) is 4.21 Å². The van der Waals surface area contributed by atoms with Gasteiger partial charge in [-0.3, -0.25) is 0 Å². The van der Waals surface area contributed by atoms with E-state index in [1.54, 1.807) is 19.2 Å². The lowest BCUT2D eigenvalue weighted by atomic mass is 10.1. The number of halogens is 1. The van der Waals surface area contributed by atoms with Crippen molar-refractivity contribution in [3.05, 3.63) is 39.7 Å². The third kappa shape index (κ3) is 4.94. The van der Waals surface area contributed by atoms with Crippen LogP contribution >= 0.6 is 27.3 Å². The summed E-state index contributed by atoms with van der Waals surface area (Å²) in [6.45, 7) is 2.78. The van der Waals surface area contributed by atoms with Crippen LogP contribution in [0.3, 0.4) is 0 Å². The van der Waals surface area contributed by atoms with E-state index in [9.17, 15) is 8.42 Å². The van der Waals surface area contributed by atoms with Crippen molar-refractivity contribution in [2.75, 3.05) is 20.3 Å². The number of hydrogen-bond donors (Lipinski definition) is 1. The number of hydrogen-bond acceptors (Lipinski definition) is 5. The molecule has 0 radical (unpaired) electrons. The van der Waals surface area contributed by atoms with Gasteiger partial charge in [0.2, 0.25) is 10.0 Å². The molecule has 0 saturated carbocycles. The molecule has 0 unspecified atom stereocenters. The van der Waals surface area contributed by atoms with Crippen LogP contribution in [-0.4, -0.2) is 28.7 Å². The number of methoxy groups -OCH3 is 1. The first-order valence-electron chi connectivity index (χ1n) is 7.01. The monoisotopic (exact) mass is 419 g/mol. The standard InChI is InChI=1S/C15H18BrNO4S2/c1-3-21-12-5-4-11(10-13(12)20-2)8-9-17-23(18,19)15-7-6-14(16)22-15/h4-7,10,17H,3,8-9H2,1-2H3. The van der Waals surface area contributed by atoms with Crippen LogP contribution in [0.5, 0.6) is 11.5 Å². The molecule has 0 bridgehead atoms. The van der Waals surface area contributed by atoms with Crippen LogP contribution in [0.15, 0.2) is 38.3 Å². The van der Waals surface area contributed by atoms with Gasteiger partial charge >= 0.3 is 0 Å². The van der Waals surface area contributed by atoms with Gasteiger partial charge in [-0.1, -0.05) is 6.07 Å². The molecule has 23 heavy (non-hydrogen) atoms. The fourth-order valence-corrected chi connectivity index (χ4v) is 5.07. The van der Waals surface area contributed by atoms with E-state index in [4.69, 9.17) is 9.47 Å². The van der Waals surface area contributed by atoms with E-state index in [-0.39, 0.29) is 0 Å². The fourth-order valence-electron chi connectivity index (χ4n) is 1.99. The van der Waals surface area contributed by atoms with Crippen LogP contribution in [0.2, 0.25) is 0 Å². The van der Waals surface area contributed by atoms with Crippen molar-refractivity contribution >= 4 is 37.3 Å². The zero-order valence-electron chi connectivity index (χ0n) is 12.8. The first-order chi connectivity index (χ1) is 11.0. The number of ether oxygens (including phenoxy) is 2. The SMILES string of the molecule is CCOc1ccc(CCNS(=O)(=O)c2ccc(Br)s2)cc1OC. The highest BCUT2D eigenvalue weighted by atomic mass is 79.9.